The van der Waals surface area contributed by atoms with Crippen molar-refractivity contribution in [3.8, 4) is 0 Å². The van der Waals surface area contributed by atoms with Gasteiger partial charge in [-0.15, -0.1) is 0 Å². The Morgan fingerprint density at radius 1 is 0.846 bits per heavy atom. The summed E-state index contributed by atoms with van der Waals surface area (Å²) in [7, 11) is 0. The lowest BCUT2D eigenvalue weighted by molar-refractivity contribution is -0.129. The van der Waals surface area contributed by atoms with Gasteiger partial charge < -0.3 is 9.84 Å². The van der Waals surface area contributed by atoms with Gasteiger partial charge in [-0.3, -0.25) is 4.79 Å². The first-order chi connectivity index (χ1) is 12.6. The quantitative estimate of drug-likeness (QED) is 0.233. The van der Waals surface area contributed by atoms with Gasteiger partial charge in [0.25, 0.3) is 6.47 Å². The number of ether oxygens (including phenoxy) is 1. The first kappa shape index (κ1) is 21.7. The Labute approximate surface area is 161 Å². The van der Waals surface area contributed by atoms with Gasteiger partial charge in [0.2, 0.25) is 0 Å². The second-order valence-corrected chi connectivity index (χ2v) is 9.32. The molecule has 1 unspecified atom stereocenters. The van der Waals surface area contributed by atoms with Crippen molar-refractivity contribution in [3.05, 3.63) is 0 Å². The zero-order chi connectivity index (χ0) is 18.7. The molecule has 1 atom stereocenters. The van der Waals surface area contributed by atoms with Crippen molar-refractivity contribution in [1.29, 1.82) is 0 Å². The molecule has 0 spiro atoms. The fraction of sp³-hybridized carbons (Fsp3) is 0.957. The molecule has 2 fully saturated rings. The molecule has 0 radical (unpaired) electrons. The average Bonchev–Trinajstić information content (AvgIpc) is 3.54. The topological polar surface area (TPSA) is 46.5 Å². The van der Waals surface area contributed by atoms with Crippen molar-refractivity contribution >= 4 is 6.47 Å². The van der Waals surface area contributed by atoms with Crippen LogP contribution in [0.3, 0.4) is 0 Å². The zero-order valence-corrected chi connectivity index (χ0v) is 17.1. The second kappa shape index (κ2) is 11.3. The van der Waals surface area contributed by atoms with E-state index in [0.717, 1.165) is 31.1 Å². The van der Waals surface area contributed by atoms with E-state index in [1.54, 1.807) is 0 Å². The van der Waals surface area contributed by atoms with Crippen molar-refractivity contribution < 1.29 is 14.6 Å². The second-order valence-electron chi connectivity index (χ2n) is 9.32. The maximum Gasteiger partial charge on any atom is 0.293 e. The molecule has 0 aliphatic heterocycles. The highest BCUT2D eigenvalue weighted by molar-refractivity contribution is 5.36. The van der Waals surface area contributed by atoms with Crippen molar-refractivity contribution in [2.45, 2.75) is 122 Å². The molecule has 0 saturated heterocycles. The van der Waals surface area contributed by atoms with Crippen molar-refractivity contribution in [3.63, 3.8) is 0 Å². The number of carbonyl (C=O) groups excluding carboxylic acids is 1. The average molecular weight is 367 g/mol. The van der Waals surface area contributed by atoms with Gasteiger partial charge in [-0.2, -0.15) is 0 Å². The van der Waals surface area contributed by atoms with Crippen molar-refractivity contribution in [2.24, 2.45) is 10.8 Å². The molecule has 0 aromatic rings. The van der Waals surface area contributed by atoms with Gasteiger partial charge >= 0.3 is 0 Å². The molecular formula is C23H42O3. The first-order valence-electron chi connectivity index (χ1n) is 11.4. The minimum absolute atomic E-state index is 0.0867. The minimum Gasteiger partial charge on any atom is -0.468 e. The predicted molar refractivity (Wildman–Crippen MR) is 107 cm³/mol. The van der Waals surface area contributed by atoms with Crippen LogP contribution in [0, 0.1) is 10.8 Å². The van der Waals surface area contributed by atoms with Crippen LogP contribution in [0.25, 0.3) is 0 Å². The molecule has 2 aliphatic rings. The Hall–Kier alpha value is -0.570. The third-order valence-electron chi connectivity index (χ3n) is 7.00. The number of hydrogen-bond donors (Lipinski definition) is 1. The summed E-state index contributed by atoms with van der Waals surface area (Å²) >= 11 is 0. The molecule has 3 nitrogen and oxygen atoms in total. The molecule has 0 bridgehead atoms. The summed E-state index contributed by atoms with van der Waals surface area (Å²) in [4.78, 5) is 10.2. The zero-order valence-electron chi connectivity index (χ0n) is 17.1. The van der Waals surface area contributed by atoms with Crippen LogP contribution in [-0.4, -0.2) is 24.3 Å². The van der Waals surface area contributed by atoms with Gasteiger partial charge in [-0.25, -0.2) is 0 Å². The molecule has 0 aromatic carbocycles. The maximum atomic E-state index is 10.2. The summed E-state index contributed by atoms with van der Waals surface area (Å²) in [6, 6.07) is 0. The summed E-state index contributed by atoms with van der Waals surface area (Å²) < 4.78 is 4.84. The Morgan fingerprint density at radius 2 is 1.38 bits per heavy atom. The molecule has 2 aliphatic carbocycles. The largest absolute Gasteiger partial charge is 0.468 e. The van der Waals surface area contributed by atoms with Crippen LogP contribution in [0.1, 0.15) is 116 Å². The van der Waals surface area contributed by atoms with Crippen molar-refractivity contribution in [1.82, 2.24) is 0 Å². The summed E-state index contributed by atoms with van der Waals surface area (Å²) in [6.45, 7) is 3.46. The summed E-state index contributed by atoms with van der Waals surface area (Å²) in [5.41, 5.74) is 1.23. The number of carbonyl (C=O) groups is 1. The van der Waals surface area contributed by atoms with Crippen LogP contribution >= 0.6 is 0 Å². The number of aliphatic hydroxyl groups is 1. The molecule has 26 heavy (non-hydrogen) atoms. The highest BCUT2D eigenvalue weighted by atomic mass is 16.5. The van der Waals surface area contributed by atoms with E-state index in [4.69, 9.17) is 4.74 Å². The fourth-order valence-electron chi connectivity index (χ4n) is 4.72. The van der Waals surface area contributed by atoms with Gasteiger partial charge in [0.15, 0.2) is 0 Å². The van der Waals surface area contributed by atoms with Gasteiger partial charge in [-0.05, 0) is 75.0 Å². The lowest BCUT2D eigenvalue weighted by Gasteiger charge is -2.15. The van der Waals surface area contributed by atoms with Gasteiger partial charge in [0, 0.05) is 0 Å². The Morgan fingerprint density at radius 3 is 1.85 bits per heavy atom. The van der Waals surface area contributed by atoms with E-state index in [9.17, 15) is 9.90 Å². The molecule has 2 rings (SSSR count). The highest BCUT2D eigenvalue weighted by Crippen LogP contribution is 2.53. The van der Waals surface area contributed by atoms with E-state index in [1.807, 2.05) is 0 Å². The lowest BCUT2D eigenvalue weighted by Crippen LogP contribution is -2.07. The molecule has 0 heterocycles. The van der Waals surface area contributed by atoms with E-state index in [-0.39, 0.29) is 6.10 Å². The van der Waals surface area contributed by atoms with Crippen molar-refractivity contribution in [2.75, 3.05) is 6.61 Å². The van der Waals surface area contributed by atoms with Gasteiger partial charge in [0.05, 0.1) is 12.7 Å². The predicted octanol–water partition coefficient (Wildman–Crippen LogP) is 6.17. The summed E-state index contributed by atoms with van der Waals surface area (Å²) in [5.74, 6) is 0. The van der Waals surface area contributed by atoms with Crippen LogP contribution in [0.2, 0.25) is 0 Å². The highest BCUT2D eigenvalue weighted by Gasteiger charge is 2.41. The third kappa shape index (κ3) is 8.41. The smallest absolute Gasteiger partial charge is 0.293 e. The molecular weight excluding hydrogens is 324 g/mol. The van der Waals surface area contributed by atoms with E-state index in [2.05, 4.69) is 6.92 Å². The normalized spacial score (nSPS) is 20.5. The van der Waals surface area contributed by atoms with E-state index < -0.39 is 0 Å². The number of rotatable bonds is 18. The molecule has 152 valence electrons. The fourth-order valence-corrected chi connectivity index (χ4v) is 4.72. The lowest BCUT2D eigenvalue weighted by atomic mass is 9.92. The van der Waals surface area contributed by atoms with Crippen LogP contribution in [0.4, 0.5) is 0 Å². The number of unbranched alkanes of at least 4 members (excludes halogenated alkanes) is 4. The SMILES string of the molecule is CCCC1(CCCCCC(O)CCCCCC2(CCOC=O)CC2)CC1. The van der Waals surface area contributed by atoms with E-state index in [1.165, 1.54) is 83.5 Å². The van der Waals surface area contributed by atoms with Crippen LogP contribution in [-0.2, 0) is 9.53 Å². The monoisotopic (exact) mass is 366 g/mol. The standard InChI is InChI=1S/C23H42O3/c1-2-11-22(14-15-22)12-7-3-5-9-21(25)10-6-4-8-13-23(16-17-23)18-19-26-20-24/h20-21,25H,2-19H2,1H3. The summed E-state index contributed by atoms with van der Waals surface area (Å²) in [6.07, 6.45) is 21.4. The van der Waals surface area contributed by atoms with Crippen LogP contribution < -0.4 is 0 Å². The van der Waals surface area contributed by atoms with E-state index in [0.29, 0.717) is 18.5 Å². The Balaban J connectivity index is 1.37. The van der Waals surface area contributed by atoms with Crippen LogP contribution in [0.15, 0.2) is 0 Å². The van der Waals surface area contributed by atoms with Gasteiger partial charge in [0.1, 0.15) is 0 Å². The molecule has 3 heteroatoms. The Bertz CT molecular complexity index is 385. The first-order valence-corrected chi connectivity index (χ1v) is 11.4. The molecule has 1 N–H and O–H groups in total. The molecule has 0 aromatic heterocycles. The Kier molecular flexibility index (Phi) is 9.45. The van der Waals surface area contributed by atoms with Crippen LogP contribution in [0.5, 0.6) is 0 Å². The van der Waals surface area contributed by atoms with E-state index >= 15 is 0 Å². The number of aliphatic hydroxyl groups excluding tert-OH is 1. The molecule has 0 amide bonds. The van der Waals surface area contributed by atoms with Gasteiger partial charge in [-0.1, -0.05) is 51.9 Å². The summed E-state index contributed by atoms with van der Waals surface area (Å²) in [5, 5.41) is 10.2. The minimum atomic E-state index is -0.0867. The maximum absolute atomic E-state index is 10.2. The molecule has 2 saturated carbocycles. The number of hydrogen-bond acceptors (Lipinski definition) is 3. The third-order valence-corrected chi connectivity index (χ3v) is 7.00.